The van der Waals surface area contributed by atoms with Crippen molar-refractivity contribution in [3.8, 4) is 0 Å². The van der Waals surface area contributed by atoms with Gasteiger partial charge in [-0.15, -0.1) is 0 Å². The lowest BCUT2D eigenvalue weighted by Crippen LogP contribution is -2.47. The van der Waals surface area contributed by atoms with Crippen LogP contribution >= 0.6 is 0 Å². The van der Waals surface area contributed by atoms with Crippen molar-refractivity contribution in [1.82, 2.24) is 10.6 Å². The smallest absolute Gasteiger partial charge is 0.243 e. The predicted molar refractivity (Wildman–Crippen MR) is 71.4 cm³/mol. The summed E-state index contributed by atoms with van der Waals surface area (Å²) >= 11 is 0. The van der Waals surface area contributed by atoms with Gasteiger partial charge < -0.3 is 10.6 Å². The van der Waals surface area contributed by atoms with E-state index in [0.29, 0.717) is 19.3 Å². The van der Waals surface area contributed by atoms with Crippen LogP contribution < -0.4 is 10.6 Å². The number of carbonyl (C=O) groups is 2. The largest absolute Gasteiger partial charge is 0.349 e. The minimum Gasteiger partial charge on any atom is -0.349 e. The number of benzene rings is 1. The number of hydrogen-bond donors (Lipinski definition) is 2. The molecule has 1 aliphatic carbocycles. The Bertz CT molecular complexity index is 537. The van der Waals surface area contributed by atoms with E-state index in [0.717, 1.165) is 18.4 Å². The van der Waals surface area contributed by atoms with Gasteiger partial charge in [-0.05, 0) is 43.4 Å². The molecule has 5 heteroatoms. The fourth-order valence-electron chi connectivity index (χ4n) is 2.65. The number of nitrogens with one attached hydrogen (secondary N) is 2. The monoisotopic (exact) mass is 276 g/mol. The van der Waals surface area contributed by atoms with Crippen LogP contribution in [0, 0.1) is 5.82 Å². The molecule has 0 aromatic heterocycles. The maximum Gasteiger partial charge on any atom is 0.243 e. The maximum absolute atomic E-state index is 12.9. The first kappa shape index (κ1) is 13.1. The van der Waals surface area contributed by atoms with Crippen molar-refractivity contribution in [1.29, 1.82) is 0 Å². The van der Waals surface area contributed by atoms with Crippen LogP contribution in [0.25, 0.3) is 0 Å². The summed E-state index contributed by atoms with van der Waals surface area (Å²) in [5, 5.41) is 5.72. The molecule has 1 saturated carbocycles. The van der Waals surface area contributed by atoms with Crippen molar-refractivity contribution in [3.05, 3.63) is 35.6 Å². The molecule has 1 heterocycles. The summed E-state index contributed by atoms with van der Waals surface area (Å²) in [6.07, 6.45) is 3.55. The van der Waals surface area contributed by atoms with Gasteiger partial charge in [-0.2, -0.15) is 0 Å². The van der Waals surface area contributed by atoms with Gasteiger partial charge in [0.1, 0.15) is 11.9 Å². The number of hydrogen-bond acceptors (Lipinski definition) is 2. The Labute approximate surface area is 116 Å². The van der Waals surface area contributed by atoms with E-state index in [1.54, 1.807) is 12.1 Å². The van der Waals surface area contributed by atoms with Crippen molar-refractivity contribution < 1.29 is 14.0 Å². The Morgan fingerprint density at radius 2 is 2.05 bits per heavy atom. The molecule has 0 bridgehead atoms. The average Bonchev–Trinajstić information content (AvgIpc) is 3.01. The van der Waals surface area contributed by atoms with E-state index < -0.39 is 6.04 Å². The maximum atomic E-state index is 12.9. The highest BCUT2D eigenvalue weighted by Gasteiger charge is 2.45. The highest BCUT2D eigenvalue weighted by atomic mass is 19.1. The average molecular weight is 276 g/mol. The molecule has 0 radical (unpaired) electrons. The van der Waals surface area contributed by atoms with E-state index in [2.05, 4.69) is 10.6 Å². The van der Waals surface area contributed by atoms with Crippen molar-refractivity contribution in [2.75, 3.05) is 0 Å². The van der Waals surface area contributed by atoms with Crippen LogP contribution in [0.4, 0.5) is 4.39 Å². The van der Waals surface area contributed by atoms with Crippen molar-refractivity contribution >= 4 is 11.8 Å². The molecule has 3 rings (SSSR count). The van der Waals surface area contributed by atoms with E-state index in [4.69, 9.17) is 0 Å². The molecule has 0 spiro atoms. The zero-order valence-corrected chi connectivity index (χ0v) is 11.1. The van der Waals surface area contributed by atoms with E-state index >= 15 is 0 Å². The highest BCUT2D eigenvalue weighted by molar-refractivity contribution is 5.91. The summed E-state index contributed by atoms with van der Waals surface area (Å²) in [5.74, 6) is -0.416. The van der Waals surface area contributed by atoms with Gasteiger partial charge in [0.15, 0.2) is 0 Å². The first-order valence-corrected chi connectivity index (χ1v) is 6.92. The van der Waals surface area contributed by atoms with E-state index in [9.17, 15) is 14.0 Å². The van der Waals surface area contributed by atoms with Crippen LogP contribution in [-0.4, -0.2) is 23.4 Å². The molecule has 1 aromatic rings. The Kier molecular flexibility index (Phi) is 3.20. The minimum absolute atomic E-state index is 0.0615. The second kappa shape index (κ2) is 4.89. The molecule has 1 atom stereocenters. The SMILES string of the molecule is O=C1CC[C@@H](C(=O)NC2(Cc3ccc(F)cc3)CC2)N1. The van der Waals surface area contributed by atoms with Crippen LogP contribution in [-0.2, 0) is 16.0 Å². The lowest BCUT2D eigenvalue weighted by Gasteiger charge is -2.20. The highest BCUT2D eigenvalue weighted by Crippen LogP contribution is 2.38. The Hall–Kier alpha value is -1.91. The quantitative estimate of drug-likeness (QED) is 0.870. The molecule has 1 saturated heterocycles. The molecule has 0 unspecified atom stereocenters. The number of carbonyl (C=O) groups excluding carboxylic acids is 2. The zero-order chi connectivity index (χ0) is 14.2. The summed E-state index contributed by atoms with van der Waals surface area (Å²) in [6, 6.07) is 5.97. The second-order valence-corrected chi connectivity index (χ2v) is 5.73. The van der Waals surface area contributed by atoms with Gasteiger partial charge in [0.2, 0.25) is 11.8 Å². The number of halogens is 1. The third kappa shape index (κ3) is 2.81. The fraction of sp³-hybridized carbons (Fsp3) is 0.467. The van der Waals surface area contributed by atoms with Crippen LogP contribution in [0.3, 0.4) is 0 Å². The normalized spacial score (nSPS) is 23.2. The summed E-state index contributed by atoms with van der Waals surface area (Å²) in [4.78, 5) is 23.2. The molecule has 2 N–H and O–H groups in total. The zero-order valence-electron chi connectivity index (χ0n) is 11.1. The van der Waals surface area contributed by atoms with E-state index in [1.165, 1.54) is 12.1 Å². The van der Waals surface area contributed by atoms with Gasteiger partial charge in [0, 0.05) is 12.0 Å². The van der Waals surface area contributed by atoms with Crippen LogP contribution in [0.2, 0.25) is 0 Å². The standard InChI is InChI=1S/C15H17FN2O2/c16-11-3-1-10(2-4-11)9-15(7-8-15)18-14(20)12-5-6-13(19)17-12/h1-4,12H,5-9H2,(H,17,19)(H,18,20)/t12-/m0/s1. The molecule has 2 aliphatic rings. The third-order valence-electron chi connectivity index (χ3n) is 4.01. The summed E-state index contributed by atoms with van der Waals surface area (Å²) < 4.78 is 12.9. The van der Waals surface area contributed by atoms with Gasteiger partial charge in [-0.3, -0.25) is 9.59 Å². The first-order chi connectivity index (χ1) is 9.56. The predicted octanol–water partition coefficient (Wildman–Crippen LogP) is 1.30. The second-order valence-electron chi connectivity index (χ2n) is 5.73. The van der Waals surface area contributed by atoms with Gasteiger partial charge in [0.25, 0.3) is 0 Å². The molecule has 106 valence electrons. The molecule has 2 fully saturated rings. The minimum atomic E-state index is -0.395. The van der Waals surface area contributed by atoms with Crippen molar-refractivity contribution in [2.24, 2.45) is 0 Å². The van der Waals surface area contributed by atoms with Gasteiger partial charge >= 0.3 is 0 Å². The van der Waals surface area contributed by atoms with Gasteiger partial charge in [-0.25, -0.2) is 4.39 Å². The lowest BCUT2D eigenvalue weighted by molar-refractivity contribution is -0.126. The Morgan fingerprint density at radius 1 is 1.35 bits per heavy atom. The van der Waals surface area contributed by atoms with Crippen molar-refractivity contribution in [2.45, 2.75) is 43.7 Å². The molecule has 2 amide bonds. The molecule has 4 nitrogen and oxygen atoms in total. The van der Waals surface area contributed by atoms with Crippen LogP contribution in [0.1, 0.15) is 31.2 Å². The number of rotatable bonds is 4. The Morgan fingerprint density at radius 3 is 2.60 bits per heavy atom. The van der Waals surface area contributed by atoms with E-state index in [-0.39, 0.29) is 23.2 Å². The molecular formula is C15H17FN2O2. The topological polar surface area (TPSA) is 58.2 Å². The molecule has 1 aliphatic heterocycles. The number of amides is 2. The Balaban J connectivity index is 1.60. The first-order valence-electron chi connectivity index (χ1n) is 6.92. The lowest BCUT2D eigenvalue weighted by atomic mass is 10.0. The van der Waals surface area contributed by atoms with Crippen molar-refractivity contribution in [3.63, 3.8) is 0 Å². The molecular weight excluding hydrogens is 259 g/mol. The molecule has 20 heavy (non-hydrogen) atoms. The fourth-order valence-corrected chi connectivity index (χ4v) is 2.65. The van der Waals surface area contributed by atoms with E-state index in [1.807, 2.05) is 0 Å². The van der Waals surface area contributed by atoms with Gasteiger partial charge in [-0.1, -0.05) is 12.1 Å². The summed E-state index contributed by atoms with van der Waals surface area (Å²) in [5.41, 5.74) is 0.807. The van der Waals surface area contributed by atoms with Crippen LogP contribution in [0.15, 0.2) is 24.3 Å². The molecule has 1 aromatic carbocycles. The summed E-state index contributed by atoms with van der Waals surface area (Å²) in [6.45, 7) is 0. The van der Waals surface area contributed by atoms with Gasteiger partial charge in [0.05, 0.1) is 0 Å². The summed E-state index contributed by atoms with van der Waals surface area (Å²) in [7, 11) is 0. The van der Waals surface area contributed by atoms with Crippen LogP contribution in [0.5, 0.6) is 0 Å². The third-order valence-corrected chi connectivity index (χ3v) is 4.01.